The van der Waals surface area contributed by atoms with Crippen LogP contribution in [0.15, 0.2) is 35.4 Å². The van der Waals surface area contributed by atoms with E-state index in [1.165, 1.54) is 14.0 Å². The van der Waals surface area contributed by atoms with Gasteiger partial charge in [0.1, 0.15) is 6.04 Å². The maximum Gasteiger partial charge on any atom is 0.328 e. The number of nitrogens with zero attached hydrogens (tertiary/aromatic N) is 2. The molecule has 2 amide bonds. The van der Waals surface area contributed by atoms with Gasteiger partial charge in [-0.05, 0) is 30.8 Å². The Morgan fingerprint density at radius 2 is 2.12 bits per heavy atom. The van der Waals surface area contributed by atoms with E-state index in [9.17, 15) is 14.4 Å². The number of hydrogen-bond acceptors (Lipinski definition) is 5. The van der Waals surface area contributed by atoms with Crippen molar-refractivity contribution in [2.45, 2.75) is 19.5 Å². The summed E-state index contributed by atoms with van der Waals surface area (Å²) in [5.41, 5.74) is 1.73. The number of ether oxygens (including phenoxy) is 1. The molecule has 7 heteroatoms. The molecule has 1 aliphatic rings. The summed E-state index contributed by atoms with van der Waals surface area (Å²) in [6.45, 7) is 1.86. The molecule has 0 N–H and O–H groups in total. The Balaban J connectivity index is 2.00. The van der Waals surface area contributed by atoms with Crippen LogP contribution in [0.25, 0.3) is 17.0 Å². The first-order chi connectivity index (χ1) is 12.5. The summed E-state index contributed by atoms with van der Waals surface area (Å²) in [5.74, 6) is 1.45. The number of rotatable bonds is 4. The lowest BCUT2D eigenvalue weighted by atomic mass is 10.1. The van der Waals surface area contributed by atoms with Gasteiger partial charge in [0.05, 0.1) is 18.6 Å². The van der Waals surface area contributed by atoms with Crippen molar-refractivity contribution in [1.29, 1.82) is 0 Å². The average Bonchev–Trinajstić information content (AvgIpc) is 3.12. The number of terminal acetylenes is 1. The van der Waals surface area contributed by atoms with E-state index in [-0.39, 0.29) is 4.91 Å². The zero-order valence-electron chi connectivity index (χ0n) is 14.3. The summed E-state index contributed by atoms with van der Waals surface area (Å²) in [4.78, 5) is 37.7. The lowest BCUT2D eigenvalue weighted by Crippen LogP contribution is -2.42. The van der Waals surface area contributed by atoms with Gasteiger partial charge < -0.3 is 9.30 Å². The highest BCUT2D eigenvalue weighted by molar-refractivity contribution is 8.18. The molecule has 2 heterocycles. The summed E-state index contributed by atoms with van der Waals surface area (Å²) in [7, 11) is 1.22. The van der Waals surface area contributed by atoms with E-state index >= 15 is 0 Å². The van der Waals surface area contributed by atoms with Crippen LogP contribution in [-0.2, 0) is 20.9 Å². The monoisotopic (exact) mass is 368 g/mol. The van der Waals surface area contributed by atoms with Crippen LogP contribution in [0, 0.1) is 12.3 Å². The third-order valence-electron chi connectivity index (χ3n) is 4.12. The molecule has 0 unspecified atom stereocenters. The smallest absolute Gasteiger partial charge is 0.328 e. The third-order valence-corrected chi connectivity index (χ3v) is 5.00. The van der Waals surface area contributed by atoms with E-state index in [1.807, 2.05) is 35.0 Å². The van der Waals surface area contributed by atoms with Gasteiger partial charge in [0.2, 0.25) is 0 Å². The van der Waals surface area contributed by atoms with Gasteiger partial charge in [0.25, 0.3) is 11.1 Å². The topological polar surface area (TPSA) is 68.6 Å². The first kappa shape index (κ1) is 17.8. The molecule has 6 nitrogen and oxygen atoms in total. The molecule has 1 aromatic heterocycles. The zero-order chi connectivity index (χ0) is 18.8. The molecule has 0 spiro atoms. The summed E-state index contributed by atoms with van der Waals surface area (Å²) in [6, 6.07) is 6.70. The first-order valence-corrected chi connectivity index (χ1v) is 8.65. The average molecular weight is 368 g/mol. The second kappa shape index (κ2) is 7.10. The number of imide groups is 1. The minimum absolute atomic E-state index is 0.259. The lowest BCUT2D eigenvalue weighted by molar-refractivity contribution is -0.148. The molecule has 1 aliphatic heterocycles. The molecule has 1 aromatic carbocycles. The fraction of sp³-hybridized carbons (Fsp3) is 0.211. The zero-order valence-corrected chi connectivity index (χ0v) is 15.1. The van der Waals surface area contributed by atoms with Gasteiger partial charge >= 0.3 is 5.97 Å². The van der Waals surface area contributed by atoms with Gasteiger partial charge in [-0.15, -0.1) is 6.42 Å². The summed E-state index contributed by atoms with van der Waals surface area (Å²) in [6.07, 6.45) is 8.92. The van der Waals surface area contributed by atoms with E-state index in [0.717, 1.165) is 33.1 Å². The summed E-state index contributed by atoms with van der Waals surface area (Å²) < 4.78 is 6.53. The highest BCUT2D eigenvalue weighted by Crippen LogP contribution is 2.35. The standard InChI is InChI=1S/C19H16N2O4S/c1-4-9-20-11-13(14-7-5-6-8-15(14)20)10-16-17(22)21(19(24)26-16)12(2)18(23)25-3/h1,5-8,10-12H,9H2,2-3H3/b16-10+/t12-/m1/s1. The molecule has 0 radical (unpaired) electrons. The van der Waals surface area contributed by atoms with E-state index in [0.29, 0.717) is 6.54 Å². The number of esters is 1. The number of carbonyl (C=O) groups is 3. The Labute approximate surface area is 154 Å². The Hall–Kier alpha value is -2.98. The van der Waals surface area contributed by atoms with Crippen LogP contribution in [0.4, 0.5) is 4.79 Å². The highest BCUT2D eigenvalue weighted by Gasteiger charge is 2.41. The second-order valence-electron chi connectivity index (χ2n) is 5.68. The largest absolute Gasteiger partial charge is 0.467 e. The lowest BCUT2D eigenvalue weighted by Gasteiger charge is -2.18. The van der Waals surface area contributed by atoms with Crippen molar-refractivity contribution in [2.75, 3.05) is 7.11 Å². The van der Waals surface area contributed by atoms with E-state index < -0.39 is 23.2 Å². The number of carbonyl (C=O) groups excluding carboxylic acids is 3. The van der Waals surface area contributed by atoms with Crippen molar-refractivity contribution in [2.24, 2.45) is 0 Å². The number of hydrogen-bond donors (Lipinski definition) is 0. The Morgan fingerprint density at radius 3 is 2.81 bits per heavy atom. The maximum absolute atomic E-state index is 12.6. The first-order valence-electron chi connectivity index (χ1n) is 7.84. The quantitative estimate of drug-likeness (QED) is 0.472. The number of benzene rings is 1. The van der Waals surface area contributed by atoms with Crippen molar-refractivity contribution in [3.05, 3.63) is 40.9 Å². The number of para-hydroxylation sites is 1. The normalized spacial score (nSPS) is 17.0. The van der Waals surface area contributed by atoms with E-state index in [4.69, 9.17) is 6.42 Å². The van der Waals surface area contributed by atoms with Gasteiger partial charge in [-0.1, -0.05) is 24.1 Å². The minimum Gasteiger partial charge on any atom is -0.467 e. The van der Waals surface area contributed by atoms with Crippen molar-refractivity contribution >= 4 is 45.9 Å². The molecule has 1 saturated heterocycles. The van der Waals surface area contributed by atoms with Crippen LogP contribution in [-0.4, -0.2) is 39.7 Å². The summed E-state index contributed by atoms with van der Waals surface area (Å²) >= 11 is 0.805. The van der Waals surface area contributed by atoms with Crippen molar-refractivity contribution in [3.63, 3.8) is 0 Å². The van der Waals surface area contributed by atoms with Gasteiger partial charge in [-0.3, -0.25) is 14.5 Å². The number of methoxy groups -OCH3 is 1. The fourth-order valence-electron chi connectivity index (χ4n) is 2.85. The van der Waals surface area contributed by atoms with Gasteiger partial charge in [-0.25, -0.2) is 4.79 Å². The fourth-order valence-corrected chi connectivity index (χ4v) is 3.75. The minimum atomic E-state index is -0.971. The molecular weight excluding hydrogens is 352 g/mol. The Morgan fingerprint density at radius 1 is 1.38 bits per heavy atom. The second-order valence-corrected chi connectivity index (χ2v) is 6.68. The predicted molar refractivity (Wildman–Crippen MR) is 100 cm³/mol. The molecule has 0 bridgehead atoms. The SMILES string of the molecule is C#CCn1cc(/C=C2/SC(=O)N([C@H](C)C(=O)OC)C2=O)c2ccccc21. The van der Waals surface area contributed by atoms with Crippen LogP contribution in [0.1, 0.15) is 12.5 Å². The van der Waals surface area contributed by atoms with Crippen molar-refractivity contribution < 1.29 is 19.1 Å². The van der Waals surface area contributed by atoms with Gasteiger partial charge in [-0.2, -0.15) is 0 Å². The van der Waals surface area contributed by atoms with E-state index in [1.54, 1.807) is 6.08 Å². The van der Waals surface area contributed by atoms with Crippen LogP contribution < -0.4 is 0 Å². The Kier molecular flexibility index (Phi) is 4.87. The van der Waals surface area contributed by atoms with Crippen LogP contribution >= 0.6 is 11.8 Å². The van der Waals surface area contributed by atoms with Crippen molar-refractivity contribution in [3.8, 4) is 12.3 Å². The molecule has 2 aromatic rings. The molecule has 132 valence electrons. The number of thioether (sulfide) groups is 1. The highest BCUT2D eigenvalue weighted by atomic mass is 32.2. The van der Waals surface area contributed by atoms with Crippen LogP contribution in [0.3, 0.4) is 0 Å². The molecule has 26 heavy (non-hydrogen) atoms. The molecule has 1 atom stereocenters. The predicted octanol–water partition coefficient (Wildman–Crippen LogP) is 2.87. The van der Waals surface area contributed by atoms with Gasteiger partial charge in [0.15, 0.2) is 0 Å². The third kappa shape index (κ3) is 3.00. The number of amides is 2. The maximum atomic E-state index is 12.6. The molecule has 0 saturated carbocycles. The molecule has 1 fully saturated rings. The van der Waals surface area contributed by atoms with Crippen LogP contribution in [0.5, 0.6) is 0 Å². The number of aromatic nitrogens is 1. The summed E-state index contributed by atoms with van der Waals surface area (Å²) in [5, 5.41) is 0.432. The van der Waals surface area contributed by atoms with Gasteiger partial charge in [0, 0.05) is 22.7 Å². The molecule has 3 rings (SSSR count). The molecule has 0 aliphatic carbocycles. The number of fused-ring (bicyclic) bond motifs is 1. The molecular formula is C19H16N2O4S. The van der Waals surface area contributed by atoms with Crippen molar-refractivity contribution in [1.82, 2.24) is 9.47 Å². The van der Waals surface area contributed by atoms with E-state index in [2.05, 4.69) is 10.7 Å². The Bertz CT molecular complexity index is 983. The van der Waals surface area contributed by atoms with Crippen LogP contribution in [0.2, 0.25) is 0 Å².